The molecule has 6 nitrogen and oxygen atoms in total. The van der Waals surface area contributed by atoms with E-state index in [-0.39, 0.29) is 5.91 Å². The summed E-state index contributed by atoms with van der Waals surface area (Å²) in [5, 5.41) is 11.7. The van der Waals surface area contributed by atoms with Crippen molar-refractivity contribution in [2.45, 2.75) is 26.2 Å². The van der Waals surface area contributed by atoms with Crippen LogP contribution in [-0.4, -0.2) is 33.6 Å². The number of nitrogens with one attached hydrogen (secondary N) is 1. The van der Waals surface area contributed by atoms with Gasteiger partial charge in [-0.3, -0.25) is 4.79 Å². The van der Waals surface area contributed by atoms with Crippen LogP contribution in [0.3, 0.4) is 0 Å². The Morgan fingerprint density at radius 2 is 2.05 bits per heavy atom. The van der Waals surface area contributed by atoms with Gasteiger partial charge in [-0.1, -0.05) is 0 Å². The molecule has 0 radical (unpaired) electrons. The zero-order valence-corrected chi connectivity index (χ0v) is 12.7. The van der Waals surface area contributed by atoms with Crippen LogP contribution in [0.2, 0.25) is 0 Å². The Hall–Kier alpha value is -2.02. The summed E-state index contributed by atoms with van der Waals surface area (Å²) in [6.45, 7) is 3.92. The average Bonchev–Trinajstić information content (AvgIpc) is 2.93. The quantitative estimate of drug-likeness (QED) is 0.943. The molecule has 0 bridgehead atoms. The van der Waals surface area contributed by atoms with Crippen molar-refractivity contribution in [2.75, 3.05) is 23.3 Å². The third kappa shape index (κ3) is 3.36. The molecular formula is C14H17N5OS. The minimum absolute atomic E-state index is 0.253. The molecule has 2 aromatic rings. The molecule has 1 amide bonds. The number of amides is 1. The molecule has 1 N–H and O–H groups in total. The van der Waals surface area contributed by atoms with Crippen LogP contribution >= 0.6 is 11.5 Å². The lowest BCUT2D eigenvalue weighted by Gasteiger charge is -2.27. The van der Waals surface area contributed by atoms with Crippen LogP contribution in [0.4, 0.5) is 10.8 Å². The Labute approximate surface area is 127 Å². The molecule has 0 spiro atoms. The van der Waals surface area contributed by atoms with E-state index in [1.807, 2.05) is 19.1 Å². The number of hydrogen-bond acceptors (Lipinski definition) is 6. The molecule has 3 rings (SSSR count). The number of hydrogen-bond donors (Lipinski definition) is 1. The molecule has 2 aromatic heterocycles. The van der Waals surface area contributed by atoms with Crippen molar-refractivity contribution >= 4 is 28.3 Å². The predicted molar refractivity (Wildman–Crippen MR) is 82.9 cm³/mol. The average molecular weight is 303 g/mol. The Kier molecular flexibility index (Phi) is 4.10. The van der Waals surface area contributed by atoms with Gasteiger partial charge in [-0.15, -0.1) is 10.2 Å². The lowest BCUT2D eigenvalue weighted by molar-refractivity contribution is 0.102. The van der Waals surface area contributed by atoms with Crippen molar-refractivity contribution < 1.29 is 4.79 Å². The SMILES string of the molecule is Cc1cc(NC(=O)c2ccc(N3CCCCC3)nn2)sn1. The second kappa shape index (κ2) is 6.17. The second-order valence-corrected chi connectivity index (χ2v) is 5.92. The minimum atomic E-state index is -0.253. The maximum Gasteiger partial charge on any atom is 0.276 e. The molecule has 0 unspecified atom stereocenters. The molecule has 110 valence electrons. The fraction of sp³-hybridized carbons (Fsp3) is 0.429. The molecule has 1 saturated heterocycles. The monoisotopic (exact) mass is 303 g/mol. The molecule has 0 saturated carbocycles. The molecule has 0 atom stereocenters. The van der Waals surface area contributed by atoms with Crippen LogP contribution in [0.25, 0.3) is 0 Å². The zero-order chi connectivity index (χ0) is 14.7. The van der Waals surface area contributed by atoms with E-state index in [4.69, 9.17) is 0 Å². The van der Waals surface area contributed by atoms with Gasteiger partial charge in [0, 0.05) is 13.1 Å². The molecule has 1 aliphatic rings. The van der Waals surface area contributed by atoms with Crippen molar-refractivity contribution in [3.63, 3.8) is 0 Å². The summed E-state index contributed by atoms with van der Waals surface area (Å²) in [5.74, 6) is 0.594. The lowest BCUT2D eigenvalue weighted by atomic mass is 10.1. The second-order valence-electron chi connectivity index (χ2n) is 5.11. The number of piperidine rings is 1. The van der Waals surface area contributed by atoms with Gasteiger partial charge < -0.3 is 10.2 Å². The molecule has 1 fully saturated rings. The summed E-state index contributed by atoms with van der Waals surface area (Å²) in [6, 6.07) is 5.42. The van der Waals surface area contributed by atoms with Gasteiger partial charge in [0.25, 0.3) is 5.91 Å². The maximum absolute atomic E-state index is 12.1. The first-order chi connectivity index (χ1) is 10.2. The van der Waals surface area contributed by atoms with E-state index in [1.54, 1.807) is 6.07 Å². The first kappa shape index (κ1) is 13.9. The van der Waals surface area contributed by atoms with Crippen LogP contribution in [0.5, 0.6) is 0 Å². The van der Waals surface area contributed by atoms with Crippen LogP contribution in [0.1, 0.15) is 35.4 Å². The normalized spacial score (nSPS) is 15.0. The van der Waals surface area contributed by atoms with Gasteiger partial charge in [-0.25, -0.2) is 0 Å². The third-order valence-corrected chi connectivity index (χ3v) is 4.22. The Morgan fingerprint density at radius 1 is 1.24 bits per heavy atom. The molecule has 0 aromatic carbocycles. The fourth-order valence-corrected chi connectivity index (χ4v) is 2.99. The summed E-state index contributed by atoms with van der Waals surface area (Å²) in [4.78, 5) is 14.3. The summed E-state index contributed by atoms with van der Waals surface area (Å²) < 4.78 is 4.12. The molecule has 0 aliphatic carbocycles. The van der Waals surface area contributed by atoms with Crippen LogP contribution in [-0.2, 0) is 0 Å². The number of nitrogens with zero attached hydrogens (tertiary/aromatic N) is 4. The van der Waals surface area contributed by atoms with E-state index in [1.165, 1.54) is 30.8 Å². The van der Waals surface area contributed by atoms with Crippen LogP contribution in [0.15, 0.2) is 18.2 Å². The first-order valence-corrected chi connectivity index (χ1v) is 7.83. The maximum atomic E-state index is 12.1. The van der Waals surface area contributed by atoms with Gasteiger partial charge in [-0.2, -0.15) is 4.37 Å². The van der Waals surface area contributed by atoms with Gasteiger partial charge in [0.1, 0.15) is 5.00 Å². The molecule has 3 heterocycles. The number of carbonyl (C=O) groups is 1. The molecule has 7 heteroatoms. The largest absolute Gasteiger partial charge is 0.355 e. The van der Waals surface area contributed by atoms with Gasteiger partial charge in [0.15, 0.2) is 11.5 Å². The Balaban J connectivity index is 1.67. The smallest absolute Gasteiger partial charge is 0.276 e. The van der Waals surface area contributed by atoms with E-state index in [0.717, 1.165) is 29.6 Å². The highest BCUT2D eigenvalue weighted by molar-refractivity contribution is 7.10. The van der Waals surface area contributed by atoms with Gasteiger partial charge in [-0.05, 0) is 55.9 Å². The first-order valence-electron chi connectivity index (χ1n) is 7.06. The highest BCUT2D eigenvalue weighted by Gasteiger charge is 2.14. The summed E-state index contributed by atoms with van der Waals surface area (Å²) in [6.07, 6.45) is 3.65. The molecular weight excluding hydrogens is 286 g/mol. The van der Waals surface area contributed by atoms with E-state index >= 15 is 0 Å². The highest BCUT2D eigenvalue weighted by atomic mass is 32.1. The van der Waals surface area contributed by atoms with Crippen molar-refractivity contribution in [3.05, 3.63) is 29.6 Å². The number of carbonyl (C=O) groups excluding carboxylic acids is 1. The summed E-state index contributed by atoms with van der Waals surface area (Å²) >= 11 is 1.26. The molecule has 21 heavy (non-hydrogen) atoms. The van der Waals surface area contributed by atoms with Crippen molar-refractivity contribution in [1.29, 1.82) is 0 Å². The van der Waals surface area contributed by atoms with Gasteiger partial charge >= 0.3 is 0 Å². The Morgan fingerprint density at radius 3 is 2.67 bits per heavy atom. The van der Waals surface area contributed by atoms with E-state index in [9.17, 15) is 4.79 Å². The number of anilines is 2. The number of aromatic nitrogens is 3. The summed E-state index contributed by atoms with van der Waals surface area (Å²) in [7, 11) is 0. The minimum Gasteiger partial charge on any atom is -0.355 e. The van der Waals surface area contributed by atoms with Crippen LogP contribution < -0.4 is 10.2 Å². The van der Waals surface area contributed by atoms with E-state index in [2.05, 4.69) is 24.8 Å². The van der Waals surface area contributed by atoms with E-state index < -0.39 is 0 Å². The van der Waals surface area contributed by atoms with Crippen molar-refractivity contribution in [1.82, 2.24) is 14.6 Å². The zero-order valence-electron chi connectivity index (χ0n) is 11.9. The summed E-state index contributed by atoms with van der Waals surface area (Å²) in [5.41, 5.74) is 1.21. The van der Waals surface area contributed by atoms with E-state index in [0.29, 0.717) is 5.69 Å². The van der Waals surface area contributed by atoms with Crippen molar-refractivity contribution in [3.8, 4) is 0 Å². The highest BCUT2D eigenvalue weighted by Crippen LogP contribution is 2.18. The van der Waals surface area contributed by atoms with Gasteiger partial charge in [0.2, 0.25) is 0 Å². The van der Waals surface area contributed by atoms with Crippen molar-refractivity contribution in [2.24, 2.45) is 0 Å². The molecule has 1 aliphatic heterocycles. The fourth-order valence-electron chi connectivity index (χ4n) is 2.34. The topological polar surface area (TPSA) is 71.0 Å². The number of aryl methyl sites for hydroxylation is 1. The Bertz CT molecular complexity index is 619. The number of rotatable bonds is 3. The van der Waals surface area contributed by atoms with Gasteiger partial charge in [0.05, 0.1) is 5.69 Å². The predicted octanol–water partition coefficient (Wildman–Crippen LogP) is 2.48. The third-order valence-electron chi connectivity index (χ3n) is 3.43. The lowest BCUT2D eigenvalue weighted by Crippen LogP contribution is -2.30. The standard InChI is InChI=1S/C14H17N5OS/c1-10-9-13(21-18-10)15-14(20)11-5-6-12(17-16-11)19-7-3-2-4-8-19/h5-6,9H,2-4,7-8H2,1H3,(H,15,20). The van der Waals surface area contributed by atoms with Crippen LogP contribution in [0, 0.1) is 6.92 Å².